The zero-order chi connectivity index (χ0) is 13.9. The molecule has 0 aliphatic heterocycles. The van der Waals surface area contributed by atoms with Crippen LogP contribution in [0.2, 0.25) is 0 Å². The fourth-order valence-electron chi connectivity index (χ4n) is 2.17. The lowest BCUT2D eigenvalue weighted by molar-refractivity contribution is 0.939. The van der Waals surface area contributed by atoms with Crippen LogP contribution in [-0.2, 0) is 13.0 Å². The van der Waals surface area contributed by atoms with Crippen molar-refractivity contribution in [2.24, 2.45) is 0 Å². The van der Waals surface area contributed by atoms with Crippen LogP contribution in [0.15, 0.2) is 24.1 Å². The minimum atomic E-state index is 0.874. The number of nitrogens with one attached hydrogen (secondary N) is 1. The largest absolute Gasteiger partial charge is 0.370 e. The first-order chi connectivity index (χ1) is 9.83. The van der Waals surface area contributed by atoms with Gasteiger partial charge in [0.05, 0.1) is 11.2 Å². The molecule has 0 saturated heterocycles. The van der Waals surface area contributed by atoms with Crippen molar-refractivity contribution in [2.45, 2.75) is 26.3 Å². The van der Waals surface area contributed by atoms with Crippen molar-refractivity contribution in [1.82, 2.24) is 4.37 Å². The van der Waals surface area contributed by atoms with Crippen molar-refractivity contribution in [3.8, 4) is 0 Å². The van der Waals surface area contributed by atoms with Gasteiger partial charge in [0.25, 0.3) is 0 Å². The monoisotopic (exact) mass is 320 g/mol. The van der Waals surface area contributed by atoms with Gasteiger partial charge in [-0.25, -0.2) is 0 Å². The Morgan fingerprint density at radius 3 is 3.05 bits per heavy atom. The quantitative estimate of drug-likeness (QED) is 0.637. The standard InChI is InChI=1S/C15H16N2S3/c1-3-6-12-11(4-2)13-14(19-12)15(20-17-13)16-9-10-7-5-8-18-10/h4-5,7-8,16H,2-3,6,9H2,1H3. The molecular formula is C15H16N2S3. The maximum atomic E-state index is 4.61. The Hall–Kier alpha value is -1.17. The number of fused-ring (bicyclic) bond motifs is 1. The van der Waals surface area contributed by atoms with Gasteiger partial charge in [-0.15, -0.1) is 22.7 Å². The summed E-state index contributed by atoms with van der Waals surface area (Å²) in [5.41, 5.74) is 2.35. The predicted molar refractivity (Wildman–Crippen MR) is 93.2 cm³/mol. The number of aryl methyl sites for hydroxylation is 1. The van der Waals surface area contributed by atoms with E-state index in [2.05, 4.69) is 40.7 Å². The van der Waals surface area contributed by atoms with E-state index in [1.807, 2.05) is 17.4 Å². The van der Waals surface area contributed by atoms with Crippen LogP contribution in [0.4, 0.5) is 5.00 Å². The molecule has 0 atom stereocenters. The van der Waals surface area contributed by atoms with E-state index in [4.69, 9.17) is 0 Å². The molecule has 0 spiro atoms. The Kier molecular flexibility index (Phi) is 4.19. The summed E-state index contributed by atoms with van der Waals surface area (Å²) in [6.07, 6.45) is 4.22. The molecular weight excluding hydrogens is 304 g/mol. The zero-order valence-corrected chi connectivity index (χ0v) is 13.8. The minimum Gasteiger partial charge on any atom is -0.370 e. The molecule has 3 aromatic heterocycles. The molecule has 1 N–H and O–H groups in total. The highest BCUT2D eigenvalue weighted by molar-refractivity contribution is 7.24. The molecule has 0 unspecified atom stereocenters. The lowest BCUT2D eigenvalue weighted by Gasteiger charge is -2.00. The van der Waals surface area contributed by atoms with Gasteiger partial charge in [0.1, 0.15) is 10.5 Å². The maximum Gasteiger partial charge on any atom is 0.127 e. The molecule has 0 bridgehead atoms. The van der Waals surface area contributed by atoms with E-state index in [0.29, 0.717) is 0 Å². The van der Waals surface area contributed by atoms with E-state index >= 15 is 0 Å². The van der Waals surface area contributed by atoms with E-state index in [9.17, 15) is 0 Å². The number of nitrogens with zero attached hydrogens (tertiary/aromatic N) is 1. The molecule has 2 nitrogen and oxygen atoms in total. The Labute approximate surface area is 131 Å². The molecule has 0 aromatic carbocycles. The second-order valence-corrected chi connectivity index (χ2v) is 7.43. The third-order valence-electron chi connectivity index (χ3n) is 3.11. The first-order valence-corrected chi connectivity index (χ1v) is 9.10. The SMILES string of the molecule is C=Cc1c(CCC)sc2c(NCc3cccs3)snc12. The number of hydrogen-bond donors (Lipinski definition) is 1. The van der Waals surface area contributed by atoms with Crippen LogP contribution >= 0.6 is 34.2 Å². The Bertz CT molecular complexity index is 707. The topological polar surface area (TPSA) is 24.9 Å². The van der Waals surface area contributed by atoms with E-state index in [0.717, 1.165) is 24.9 Å². The molecule has 0 saturated carbocycles. The van der Waals surface area contributed by atoms with Crippen molar-refractivity contribution in [1.29, 1.82) is 0 Å². The molecule has 20 heavy (non-hydrogen) atoms. The van der Waals surface area contributed by atoms with Crippen LogP contribution in [0.5, 0.6) is 0 Å². The molecule has 3 rings (SSSR count). The van der Waals surface area contributed by atoms with Crippen LogP contribution < -0.4 is 5.32 Å². The first-order valence-electron chi connectivity index (χ1n) is 6.63. The van der Waals surface area contributed by atoms with E-state index in [1.54, 1.807) is 22.9 Å². The molecule has 5 heteroatoms. The van der Waals surface area contributed by atoms with Gasteiger partial charge in [0.15, 0.2) is 0 Å². The average molecular weight is 321 g/mol. The van der Waals surface area contributed by atoms with Crippen molar-refractivity contribution in [3.63, 3.8) is 0 Å². The molecule has 3 aromatic rings. The molecule has 0 aliphatic rings. The summed E-state index contributed by atoms with van der Waals surface area (Å²) in [4.78, 5) is 2.76. The smallest absolute Gasteiger partial charge is 0.127 e. The number of aromatic nitrogens is 1. The summed E-state index contributed by atoms with van der Waals surface area (Å²) < 4.78 is 5.90. The fraction of sp³-hybridized carbons (Fsp3) is 0.267. The first kappa shape index (κ1) is 13.8. The van der Waals surface area contributed by atoms with Gasteiger partial charge in [-0.1, -0.05) is 32.1 Å². The highest BCUT2D eigenvalue weighted by Gasteiger charge is 2.15. The summed E-state index contributed by atoms with van der Waals surface area (Å²) >= 11 is 5.20. The highest BCUT2D eigenvalue weighted by Crippen LogP contribution is 2.39. The van der Waals surface area contributed by atoms with Crippen LogP contribution in [0.1, 0.15) is 28.7 Å². The lowest BCUT2D eigenvalue weighted by atomic mass is 10.1. The van der Waals surface area contributed by atoms with Crippen LogP contribution in [0.25, 0.3) is 16.3 Å². The van der Waals surface area contributed by atoms with Crippen molar-refractivity contribution >= 4 is 55.5 Å². The van der Waals surface area contributed by atoms with Crippen molar-refractivity contribution in [3.05, 3.63) is 39.4 Å². The Morgan fingerprint density at radius 1 is 1.45 bits per heavy atom. The van der Waals surface area contributed by atoms with Crippen LogP contribution in [0, 0.1) is 0 Å². The van der Waals surface area contributed by atoms with E-state index in [1.165, 1.54) is 25.0 Å². The summed E-state index contributed by atoms with van der Waals surface area (Å²) in [7, 11) is 0. The summed E-state index contributed by atoms with van der Waals surface area (Å²) in [6, 6.07) is 4.24. The zero-order valence-electron chi connectivity index (χ0n) is 11.3. The number of anilines is 1. The van der Waals surface area contributed by atoms with Crippen molar-refractivity contribution < 1.29 is 0 Å². The molecule has 104 valence electrons. The molecule has 0 radical (unpaired) electrons. The Balaban J connectivity index is 1.90. The molecule has 0 fully saturated rings. The highest BCUT2D eigenvalue weighted by atomic mass is 32.1. The fourth-order valence-corrected chi connectivity index (χ4v) is 5.06. The molecule has 3 heterocycles. The third kappa shape index (κ3) is 2.53. The van der Waals surface area contributed by atoms with Gasteiger partial charge < -0.3 is 5.32 Å². The molecule has 0 aliphatic carbocycles. The van der Waals surface area contributed by atoms with Gasteiger partial charge in [0.2, 0.25) is 0 Å². The summed E-state index contributed by atoms with van der Waals surface area (Å²) in [6.45, 7) is 7.03. The van der Waals surface area contributed by atoms with Crippen LogP contribution in [-0.4, -0.2) is 4.37 Å². The number of rotatable bonds is 6. The van der Waals surface area contributed by atoms with Gasteiger partial charge in [0, 0.05) is 15.3 Å². The van der Waals surface area contributed by atoms with Gasteiger partial charge in [-0.05, 0) is 29.4 Å². The van der Waals surface area contributed by atoms with E-state index < -0.39 is 0 Å². The lowest BCUT2D eigenvalue weighted by Crippen LogP contribution is -1.94. The summed E-state index contributed by atoms with van der Waals surface area (Å²) in [5.74, 6) is 0. The van der Waals surface area contributed by atoms with Gasteiger partial charge >= 0.3 is 0 Å². The third-order valence-corrected chi connectivity index (χ3v) is 6.20. The van der Waals surface area contributed by atoms with Gasteiger partial charge in [-0.3, -0.25) is 0 Å². The van der Waals surface area contributed by atoms with E-state index in [-0.39, 0.29) is 0 Å². The predicted octanol–water partition coefficient (Wildman–Crippen LogP) is 5.63. The second kappa shape index (κ2) is 6.08. The van der Waals surface area contributed by atoms with Crippen molar-refractivity contribution in [2.75, 3.05) is 5.32 Å². The van der Waals surface area contributed by atoms with Crippen LogP contribution in [0.3, 0.4) is 0 Å². The Morgan fingerprint density at radius 2 is 2.35 bits per heavy atom. The number of thiophene rings is 2. The number of hydrogen-bond acceptors (Lipinski definition) is 5. The second-order valence-electron chi connectivity index (χ2n) is 4.52. The molecule has 0 amide bonds. The maximum absolute atomic E-state index is 4.61. The normalized spacial score (nSPS) is 11.1. The average Bonchev–Trinajstić information content (AvgIpc) is 3.13. The van der Waals surface area contributed by atoms with Gasteiger partial charge in [-0.2, -0.15) is 4.37 Å². The summed E-state index contributed by atoms with van der Waals surface area (Å²) in [5, 5.41) is 6.81. The minimum absolute atomic E-state index is 0.874.